The van der Waals surface area contributed by atoms with Crippen molar-refractivity contribution in [3.63, 3.8) is 0 Å². The number of imidazole rings is 1. The molecule has 1 aliphatic heterocycles. The number of nitrogens with zero attached hydrogens (tertiary/aromatic N) is 5. The summed E-state index contributed by atoms with van der Waals surface area (Å²) in [5.41, 5.74) is 7.84. The Hall–Kier alpha value is -2.96. The van der Waals surface area contributed by atoms with Crippen molar-refractivity contribution in [1.29, 1.82) is 0 Å². The zero-order valence-electron chi connectivity index (χ0n) is 12.5. The molecule has 0 aromatic carbocycles. The molecule has 2 N–H and O–H groups in total. The Labute approximate surface area is 132 Å². The van der Waals surface area contributed by atoms with Gasteiger partial charge in [-0.25, -0.2) is 4.98 Å². The SMILES string of the molecule is Nc1ccc(C2CCCN2C(=O)c2ccc3nccn3c2)nn1. The number of likely N-dealkylation sites (tertiary alicyclic amines) is 1. The average molecular weight is 308 g/mol. The number of carbonyl (C=O) groups is 1. The first-order valence-corrected chi connectivity index (χ1v) is 7.55. The molecule has 0 aliphatic carbocycles. The molecule has 1 atom stereocenters. The average Bonchev–Trinajstić information content (AvgIpc) is 3.23. The predicted octanol–water partition coefficient (Wildman–Crippen LogP) is 1.68. The van der Waals surface area contributed by atoms with Crippen molar-refractivity contribution in [1.82, 2.24) is 24.5 Å². The largest absolute Gasteiger partial charge is 0.382 e. The van der Waals surface area contributed by atoms with Crippen LogP contribution in [0.25, 0.3) is 5.65 Å². The first-order chi connectivity index (χ1) is 11.2. The molecule has 1 fully saturated rings. The molecule has 3 aromatic heterocycles. The van der Waals surface area contributed by atoms with E-state index in [-0.39, 0.29) is 11.9 Å². The lowest BCUT2D eigenvalue weighted by Crippen LogP contribution is -2.31. The standard InChI is InChI=1S/C16H16N6O/c17-14-5-4-12(19-20-14)13-2-1-8-22(13)16(23)11-3-6-15-18-7-9-21(15)10-11/h3-7,9-10,13H,1-2,8H2,(H2,17,20). The van der Waals surface area contributed by atoms with Gasteiger partial charge in [-0.2, -0.15) is 5.10 Å². The van der Waals surface area contributed by atoms with Gasteiger partial charge in [-0.1, -0.05) is 0 Å². The molecule has 1 unspecified atom stereocenters. The molecule has 1 aliphatic rings. The number of rotatable bonds is 2. The van der Waals surface area contributed by atoms with Crippen LogP contribution in [0.3, 0.4) is 0 Å². The third kappa shape index (κ3) is 2.40. The van der Waals surface area contributed by atoms with E-state index in [1.165, 1.54) is 0 Å². The third-order valence-corrected chi connectivity index (χ3v) is 4.20. The Kier molecular flexibility index (Phi) is 3.18. The molecule has 1 saturated heterocycles. The van der Waals surface area contributed by atoms with E-state index in [1.54, 1.807) is 12.3 Å². The van der Waals surface area contributed by atoms with Crippen LogP contribution < -0.4 is 5.73 Å². The highest BCUT2D eigenvalue weighted by Gasteiger charge is 2.31. The van der Waals surface area contributed by atoms with Crippen LogP contribution in [0.4, 0.5) is 5.82 Å². The van der Waals surface area contributed by atoms with Gasteiger partial charge in [0.2, 0.25) is 0 Å². The van der Waals surface area contributed by atoms with Gasteiger partial charge in [0.15, 0.2) is 0 Å². The Bertz CT molecular complexity index is 856. The molecule has 7 nitrogen and oxygen atoms in total. The van der Waals surface area contributed by atoms with Gasteiger partial charge in [0.25, 0.3) is 5.91 Å². The molecule has 1 amide bonds. The molecule has 4 heterocycles. The van der Waals surface area contributed by atoms with Crippen LogP contribution in [-0.4, -0.2) is 36.9 Å². The highest BCUT2D eigenvalue weighted by Crippen LogP contribution is 2.31. The second-order valence-electron chi connectivity index (χ2n) is 5.65. The van der Waals surface area contributed by atoms with Crippen LogP contribution in [0.15, 0.2) is 42.9 Å². The van der Waals surface area contributed by atoms with E-state index in [0.717, 1.165) is 30.7 Å². The van der Waals surface area contributed by atoms with Gasteiger partial charge >= 0.3 is 0 Å². The quantitative estimate of drug-likeness (QED) is 0.778. The first kappa shape index (κ1) is 13.7. The lowest BCUT2D eigenvalue weighted by molar-refractivity contribution is 0.0732. The number of hydrogen-bond donors (Lipinski definition) is 1. The smallest absolute Gasteiger partial charge is 0.255 e. The predicted molar refractivity (Wildman–Crippen MR) is 84.6 cm³/mol. The van der Waals surface area contributed by atoms with E-state index in [1.807, 2.05) is 39.9 Å². The summed E-state index contributed by atoms with van der Waals surface area (Å²) in [6, 6.07) is 7.18. The minimum absolute atomic E-state index is 0.00160. The Morgan fingerprint density at radius 1 is 1.22 bits per heavy atom. The van der Waals surface area contributed by atoms with Gasteiger partial charge in [0, 0.05) is 25.1 Å². The molecule has 4 rings (SSSR count). The summed E-state index contributed by atoms with van der Waals surface area (Å²) >= 11 is 0. The molecule has 7 heteroatoms. The molecule has 0 saturated carbocycles. The van der Waals surface area contributed by atoms with Crippen molar-refractivity contribution >= 4 is 17.4 Å². The zero-order valence-corrected chi connectivity index (χ0v) is 12.5. The van der Waals surface area contributed by atoms with E-state index in [9.17, 15) is 4.79 Å². The summed E-state index contributed by atoms with van der Waals surface area (Å²) in [5.74, 6) is 0.386. The minimum atomic E-state index is -0.0471. The fourth-order valence-corrected chi connectivity index (χ4v) is 3.06. The maximum atomic E-state index is 12.9. The summed E-state index contributed by atoms with van der Waals surface area (Å²) < 4.78 is 1.85. The fourth-order valence-electron chi connectivity index (χ4n) is 3.06. The molecule has 23 heavy (non-hydrogen) atoms. The Morgan fingerprint density at radius 2 is 2.13 bits per heavy atom. The van der Waals surface area contributed by atoms with Gasteiger partial charge in [-0.05, 0) is 37.1 Å². The maximum Gasteiger partial charge on any atom is 0.255 e. The molecular formula is C16H16N6O. The monoisotopic (exact) mass is 308 g/mol. The fraction of sp³-hybridized carbons (Fsp3) is 0.250. The number of amides is 1. The van der Waals surface area contributed by atoms with E-state index < -0.39 is 0 Å². The highest BCUT2D eigenvalue weighted by molar-refractivity contribution is 5.94. The van der Waals surface area contributed by atoms with Gasteiger partial charge in [0.1, 0.15) is 11.5 Å². The zero-order chi connectivity index (χ0) is 15.8. The summed E-state index contributed by atoms with van der Waals surface area (Å²) in [7, 11) is 0. The number of nitrogen functional groups attached to an aromatic ring is 1. The van der Waals surface area contributed by atoms with Gasteiger partial charge in [0.05, 0.1) is 17.3 Å². The molecule has 116 valence electrons. The van der Waals surface area contributed by atoms with Crippen molar-refractivity contribution in [2.45, 2.75) is 18.9 Å². The number of aromatic nitrogens is 4. The van der Waals surface area contributed by atoms with Crippen molar-refractivity contribution in [2.75, 3.05) is 12.3 Å². The molecule has 0 radical (unpaired) electrons. The normalized spacial score (nSPS) is 17.7. The van der Waals surface area contributed by atoms with Gasteiger partial charge in [-0.3, -0.25) is 4.79 Å². The number of nitrogens with two attached hydrogens (primary N) is 1. The second kappa shape index (κ2) is 5.35. The maximum absolute atomic E-state index is 12.9. The van der Waals surface area contributed by atoms with Crippen LogP contribution in [0.2, 0.25) is 0 Å². The van der Waals surface area contributed by atoms with Crippen LogP contribution >= 0.6 is 0 Å². The summed E-state index contributed by atoms with van der Waals surface area (Å²) in [5, 5.41) is 8.05. The third-order valence-electron chi connectivity index (χ3n) is 4.20. The lowest BCUT2D eigenvalue weighted by atomic mass is 10.1. The molecule has 0 spiro atoms. The van der Waals surface area contributed by atoms with E-state index in [4.69, 9.17) is 5.73 Å². The van der Waals surface area contributed by atoms with Crippen molar-refractivity contribution in [2.24, 2.45) is 0 Å². The first-order valence-electron chi connectivity index (χ1n) is 7.55. The number of fused-ring (bicyclic) bond motifs is 1. The topological polar surface area (TPSA) is 89.4 Å². The second-order valence-corrected chi connectivity index (χ2v) is 5.65. The number of anilines is 1. The van der Waals surface area contributed by atoms with E-state index >= 15 is 0 Å². The number of carbonyl (C=O) groups excluding carboxylic acids is 1. The number of pyridine rings is 1. The van der Waals surface area contributed by atoms with Crippen LogP contribution in [0, 0.1) is 0 Å². The van der Waals surface area contributed by atoms with Gasteiger partial charge in [-0.15, -0.1) is 5.10 Å². The lowest BCUT2D eigenvalue weighted by Gasteiger charge is -2.24. The Balaban J connectivity index is 1.64. The minimum Gasteiger partial charge on any atom is -0.382 e. The van der Waals surface area contributed by atoms with Crippen molar-refractivity contribution in [3.8, 4) is 0 Å². The highest BCUT2D eigenvalue weighted by atomic mass is 16.2. The van der Waals surface area contributed by atoms with Crippen LogP contribution in [0.1, 0.15) is 34.9 Å². The van der Waals surface area contributed by atoms with Crippen molar-refractivity contribution in [3.05, 3.63) is 54.1 Å². The van der Waals surface area contributed by atoms with Crippen LogP contribution in [0.5, 0.6) is 0 Å². The molecular weight excluding hydrogens is 292 g/mol. The van der Waals surface area contributed by atoms with Gasteiger partial charge < -0.3 is 15.0 Å². The van der Waals surface area contributed by atoms with Crippen LogP contribution in [-0.2, 0) is 0 Å². The van der Waals surface area contributed by atoms with E-state index in [0.29, 0.717) is 11.4 Å². The summed E-state index contributed by atoms with van der Waals surface area (Å²) in [6.45, 7) is 0.720. The summed E-state index contributed by atoms with van der Waals surface area (Å²) in [6.07, 6.45) is 7.20. The summed E-state index contributed by atoms with van der Waals surface area (Å²) in [4.78, 5) is 18.9. The van der Waals surface area contributed by atoms with Crippen molar-refractivity contribution < 1.29 is 4.79 Å². The molecule has 0 bridgehead atoms. The Morgan fingerprint density at radius 3 is 2.96 bits per heavy atom. The number of hydrogen-bond acceptors (Lipinski definition) is 5. The molecule has 3 aromatic rings. The van der Waals surface area contributed by atoms with E-state index in [2.05, 4.69) is 15.2 Å².